The summed E-state index contributed by atoms with van der Waals surface area (Å²) in [6.07, 6.45) is 1.98. The van der Waals surface area contributed by atoms with Crippen LogP contribution in [0.25, 0.3) is 0 Å². The zero-order chi connectivity index (χ0) is 13.1. The number of benzene rings is 1. The van der Waals surface area contributed by atoms with Crippen LogP contribution < -0.4 is 5.32 Å². The van der Waals surface area contributed by atoms with Crippen LogP contribution in [0.5, 0.6) is 0 Å². The van der Waals surface area contributed by atoms with E-state index in [1.165, 1.54) is 0 Å². The predicted octanol–water partition coefficient (Wildman–Crippen LogP) is 1.86. The van der Waals surface area contributed by atoms with Gasteiger partial charge in [-0.3, -0.25) is 9.59 Å². The maximum atomic E-state index is 11.8. The Balaban J connectivity index is 2.04. The number of nitrogens with one attached hydrogen (secondary N) is 1. The lowest BCUT2D eigenvalue weighted by molar-refractivity contribution is -0.142. The van der Waals surface area contributed by atoms with Gasteiger partial charge in [-0.05, 0) is 49.9 Å². The molecule has 1 N–H and O–H groups in total. The molecule has 1 saturated heterocycles. The molecule has 4 nitrogen and oxygen atoms in total. The summed E-state index contributed by atoms with van der Waals surface area (Å²) in [6.45, 7) is 5.31. The lowest BCUT2D eigenvalue weighted by Gasteiger charge is -2.14. The van der Waals surface area contributed by atoms with Gasteiger partial charge >= 0.3 is 11.8 Å². The Bertz CT molecular complexity index is 456. The molecule has 18 heavy (non-hydrogen) atoms. The molecule has 1 aromatic carbocycles. The number of hydrogen-bond acceptors (Lipinski definition) is 2. The van der Waals surface area contributed by atoms with Gasteiger partial charge in [0.15, 0.2) is 0 Å². The Morgan fingerprint density at radius 3 is 2.17 bits per heavy atom. The Kier molecular flexibility index (Phi) is 3.65. The fourth-order valence-corrected chi connectivity index (χ4v) is 2.30. The quantitative estimate of drug-likeness (QED) is 0.769. The monoisotopic (exact) mass is 246 g/mol. The molecule has 2 amide bonds. The number of likely N-dealkylation sites (tertiary alicyclic amines) is 1. The molecular weight excluding hydrogens is 228 g/mol. The fraction of sp³-hybridized carbons (Fsp3) is 0.429. The van der Waals surface area contributed by atoms with Gasteiger partial charge in [-0.25, -0.2) is 0 Å². The number of rotatable bonds is 1. The Hall–Kier alpha value is -1.84. The number of carbonyl (C=O) groups is 2. The third-order valence-corrected chi connectivity index (χ3v) is 3.07. The van der Waals surface area contributed by atoms with Gasteiger partial charge in [0.1, 0.15) is 0 Å². The van der Waals surface area contributed by atoms with E-state index in [1.807, 2.05) is 32.0 Å². The minimum Gasteiger partial charge on any atom is -0.334 e. The van der Waals surface area contributed by atoms with Crippen LogP contribution in [0.15, 0.2) is 18.2 Å². The lowest BCUT2D eigenvalue weighted by Crippen LogP contribution is -2.37. The topological polar surface area (TPSA) is 49.4 Å². The molecule has 1 aromatic rings. The zero-order valence-electron chi connectivity index (χ0n) is 10.8. The van der Waals surface area contributed by atoms with E-state index in [0.29, 0.717) is 18.8 Å². The molecule has 0 saturated carbocycles. The molecule has 0 atom stereocenters. The van der Waals surface area contributed by atoms with Crippen LogP contribution in [0.3, 0.4) is 0 Å². The van der Waals surface area contributed by atoms with E-state index in [2.05, 4.69) is 5.32 Å². The van der Waals surface area contributed by atoms with Crippen molar-refractivity contribution in [2.24, 2.45) is 0 Å². The Morgan fingerprint density at radius 2 is 1.61 bits per heavy atom. The number of amides is 2. The second-order valence-corrected chi connectivity index (χ2v) is 4.83. The van der Waals surface area contributed by atoms with Gasteiger partial charge in [-0.1, -0.05) is 6.07 Å². The third-order valence-electron chi connectivity index (χ3n) is 3.07. The van der Waals surface area contributed by atoms with Gasteiger partial charge in [0.2, 0.25) is 0 Å². The molecule has 1 fully saturated rings. The molecule has 1 heterocycles. The van der Waals surface area contributed by atoms with Crippen LogP contribution in [0.1, 0.15) is 24.0 Å². The van der Waals surface area contributed by atoms with Crippen LogP contribution in [0.2, 0.25) is 0 Å². The summed E-state index contributed by atoms with van der Waals surface area (Å²) in [5.41, 5.74) is 2.82. The number of aryl methyl sites for hydroxylation is 2. The highest BCUT2D eigenvalue weighted by Crippen LogP contribution is 2.14. The van der Waals surface area contributed by atoms with E-state index < -0.39 is 11.8 Å². The zero-order valence-corrected chi connectivity index (χ0v) is 10.8. The summed E-state index contributed by atoms with van der Waals surface area (Å²) in [5, 5.41) is 2.67. The molecule has 1 aliphatic heterocycles. The first kappa shape index (κ1) is 12.6. The molecule has 96 valence electrons. The van der Waals surface area contributed by atoms with Crippen LogP contribution in [-0.4, -0.2) is 29.8 Å². The van der Waals surface area contributed by atoms with E-state index in [1.54, 1.807) is 4.90 Å². The van der Waals surface area contributed by atoms with Crippen molar-refractivity contribution in [2.45, 2.75) is 26.7 Å². The second kappa shape index (κ2) is 5.21. The van der Waals surface area contributed by atoms with Crippen molar-refractivity contribution >= 4 is 17.5 Å². The summed E-state index contributed by atoms with van der Waals surface area (Å²) < 4.78 is 0. The van der Waals surface area contributed by atoms with Crippen molar-refractivity contribution in [3.8, 4) is 0 Å². The van der Waals surface area contributed by atoms with E-state index in [9.17, 15) is 9.59 Å². The van der Waals surface area contributed by atoms with Crippen molar-refractivity contribution in [1.82, 2.24) is 4.90 Å². The summed E-state index contributed by atoms with van der Waals surface area (Å²) in [6, 6.07) is 5.75. The van der Waals surface area contributed by atoms with Gasteiger partial charge in [0, 0.05) is 18.8 Å². The highest BCUT2D eigenvalue weighted by atomic mass is 16.2. The normalized spacial score (nSPS) is 14.7. The van der Waals surface area contributed by atoms with Crippen LogP contribution in [-0.2, 0) is 9.59 Å². The molecule has 1 aliphatic rings. The SMILES string of the molecule is Cc1cc(C)cc(NC(=O)C(=O)N2CCCC2)c1. The molecule has 4 heteroatoms. The molecule has 0 aliphatic carbocycles. The fourth-order valence-electron chi connectivity index (χ4n) is 2.30. The number of hydrogen-bond donors (Lipinski definition) is 1. The first-order valence-electron chi connectivity index (χ1n) is 6.25. The molecule has 0 spiro atoms. The molecule has 0 bridgehead atoms. The molecule has 2 rings (SSSR count). The van der Waals surface area contributed by atoms with Crippen molar-refractivity contribution in [3.05, 3.63) is 29.3 Å². The van der Waals surface area contributed by atoms with Crippen LogP contribution in [0, 0.1) is 13.8 Å². The standard InChI is InChI=1S/C14H18N2O2/c1-10-7-11(2)9-12(8-10)15-13(17)14(18)16-5-3-4-6-16/h7-9H,3-6H2,1-2H3,(H,15,17). The Labute approximate surface area is 107 Å². The largest absolute Gasteiger partial charge is 0.334 e. The van der Waals surface area contributed by atoms with E-state index >= 15 is 0 Å². The van der Waals surface area contributed by atoms with E-state index in [-0.39, 0.29) is 0 Å². The molecule has 0 radical (unpaired) electrons. The van der Waals surface area contributed by atoms with Crippen molar-refractivity contribution in [1.29, 1.82) is 0 Å². The van der Waals surface area contributed by atoms with Gasteiger partial charge in [-0.2, -0.15) is 0 Å². The van der Waals surface area contributed by atoms with E-state index in [0.717, 1.165) is 24.0 Å². The maximum absolute atomic E-state index is 11.8. The minimum absolute atomic E-state index is 0.424. The minimum atomic E-state index is -0.540. The van der Waals surface area contributed by atoms with Crippen molar-refractivity contribution in [2.75, 3.05) is 18.4 Å². The van der Waals surface area contributed by atoms with Crippen molar-refractivity contribution < 1.29 is 9.59 Å². The average molecular weight is 246 g/mol. The van der Waals surface area contributed by atoms with E-state index in [4.69, 9.17) is 0 Å². The molecule has 0 aromatic heterocycles. The van der Waals surface area contributed by atoms with Gasteiger partial charge < -0.3 is 10.2 Å². The molecular formula is C14H18N2O2. The summed E-state index contributed by atoms with van der Waals surface area (Å²) >= 11 is 0. The smallest absolute Gasteiger partial charge is 0.313 e. The maximum Gasteiger partial charge on any atom is 0.313 e. The second-order valence-electron chi connectivity index (χ2n) is 4.83. The Morgan fingerprint density at radius 1 is 1.06 bits per heavy atom. The predicted molar refractivity (Wildman–Crippen MR) is 70.4 cm³/mol. The number of carbonyl (C=O) groups excluding carboxylic acids is 2. The van der Waals surface area contributed by atoms with Crippen LogP contribution in [0.4, 0.5) is 5.69 Å². The molecule has 0 unspecified atom stereocenters. The van der Waals surface area contributed by atoms with Gasteiger partial charge in [-0.15, -0.1) is 0 Å². The van der Waals surface area contributed by atoms with Crippen LogP contribution >= 0.6 is 0 Å². The lowest BCUT2D eigenvalue weighted by atomic mass is 10.1. The van der Waals surface area contributed by atoms with Crippen molar-refractivity contribution in [3.63, 3.8) is 0 Å². The first-order chi connectivity index (χ1) is 8.56. The first-order valence-corrected chi connectivity index (χ1v) is 6.25. The summed E-state index contributed by atoms with van der Waals surface area (Å²) in [7, 11) is 0. The highest BCUT2D eigenvalue weighted by Gasteiger charge is 2.24. The van der Waals surface area contributed by atoms with Gasteiger partial charge in [0.05, 0.1) is 0 Å². The third kappa shape index (κ3) is 2.88. The highest BCUT2D eigenvalue weighted by molar-refractivity contribution is 6.39. The number of nitrogens with zero attached hydrogens (tertiary/aromatic N) is 1. The number of anilines is 1. The summed E-state index contributed by atoms with van der Waals surface area (Å²) in [4.78, 5) is 25.3. The summed E-state index contributed by atoms with van der Waals surface area (Å²) in [5.74, 6) is -0.964. The van der Waals surface area contributed by atoms with Gasteiger partial charge in [0.25, 0.3) is 0 Å². The average Bonchev–Trinajstić information content (AvgIpc) is 2.79.